The number of carbonyl (C=O) groups is 1. The van der Waals surface area contributed by atoms with Crippen molar-refractivity contribution in [1.29, 1.82) is 0 Å². The second kappa shape index (κ2) is 7.86. The molecule has 1 unspecified atom stereocenters. The fraction of sp³-hybridized carbons (Fsp3) is 0.462. The minimum absolute atomic E-state index is 0.237. The molecule has 0 fully saturated rings. The maximum atomic E-state index is 12.0. The van der Waals surface area contributed by atoms with Gasteiger partial charge >= 0.3 is 0 Å². The molecule has 6 heteroatoms. The van der Waals surface area contributed by atoms with Crippen molar-refractivity contribution in [3.63, 3.8) is 0 Å². The van der Waals surface area contributed by atoms with Crippen LogP contribution < -0.4 is 14.8 Å². The first-order valence-electron chi connectivity index (χ1n) is 5.75. The molecule has 0 aromatic heterocycles. The molecule has 1 N–H and O–H groups in total. The SMILES string of the molecule is COCC(Cl)CNC(=O)c1cc(OC)cc(OC)c1. The number of benzene rings is 1. The van der Waals surface area contributed by atoms with Crippen molar-refractivity contribution in [2.45, 2.75) is 5.38 Å². The number of halogens is 1. The molecular formula is C13H18ClNO4. The van der Waals surface area contributed by atoms with E-state index in [4.69, 9.17) is 25.8 Å². The van der Waals surface area contributed by atoms with Gasteiger partial charge < -0.3 is 19.5 Å². The highest BCUT2D eigenvalue weighted by atomic mass is 35.5. The number of nitrogens with one attached hydrogen (secondary N) is 1. The Balaban J connectivity index is 2.70. The summed E-state index contributed by atoms with van der Waals surface area (Å²) in [6.45, 7) is 0.705. The number of hydrogen-bond acceptors (Lipinski definition) is 4. The Kier molecular flexibility index (Phi) is 6.45. The predicted molar refractivity (Wildman–Crippen MR) is 73.4 cm³/mol. The van der Waals surface area contributed by atoms with Crippen LogP contribution in [0.3, 0.4) is 0 Å². The molecule has 19 heavy (non-hydrogen) atoms. The highest BCUT2D eigenvalue weighted by Gasteiger charge is 2.11. The van der Waals surface area contributed by atoms with Gasteiger partial charge in [0.2, 0.25) is 0 Å². The zero-order chi connectivity index (χ0) is 14.3. The third-order valence-electron chi connectivity index (χ3n) is 2.45. The van der Waals surface area contributed by atoms with Crippen LogP contribution in [0.1, 0.15) is 10.4 Å². The quantitative estimate of drug-likeness (QED) is 0.776. The van der Waals surface area contributed by atoms with Crippen molar-refractivity contribution in [3.05, 3.63) is 23.8 Å². The van der Waals surface area contributed by atoms with Crippen LogP contribution in [-0.2, 0) is 4.74 Å². The molecule has 0 spiro atoms. The lowest BCUT2D eigenvalue weighted by Gasteiger charge is -2.11. The summed E-state index contributed by atoms with van der Waals surface area (Å²) in [7, 11) is 4.62. The van der Waals surface area contributed by atoms with Gasteiger partial charge in [-0.3, -0.25) is 4.79 Å². The van der Waals surface area contributed by atoms with Crippen molar-refractivity contribution in [2.24, 2.45) is 0 Å². The van der Waals surface area contributed by atoms with Crippen molar-refractivity contribution in [3.8, 4) is 11.5 Å². The maximum Gasteiger partial charge on any atom is 0.251 e. The molecule has 0 saturated carbocycles. The van der Waals surface area contributed by atoms with E-state index < -0.39 is 0 Å². The van der Waals surface area contributed by atoms with Crippen LogP contribution in [0.4, 0.5) is 0 Å². The highest BCUT2D eigenvalue weighted by Crippen LogP contribution is 2.22. The summed E-state index contributed by atoms with van der Waals surface area (Å²) >= 11 is 5.94. The van der Waals surface area contributed by atoms with Gasteiger partial charge in [0, 0.05) is 25.3 Å². The molecule has 5 nitrogen and oxygen atoms in total. The van der Waals surface area contributed by atoms with Gasteiger partial charge in [-0.1, -0.05) is 0 Å². The largest absolute Gasteiger partial charge is 0.497 e. The van der Waals surface area contributed by atoms with Gasteiger partial charge in [0.15, 0.2) is 0 Å². The molecule has 0 aliphatic carbocycles. The number of alkyl halides is 1. The molecule has 0 heterocycles. The van der Waals surface area contributed by atoms with Crippen LogP contribution in [0.2, 0.25) is 0 Å². The summed E-state index contributed by atoms with van der Waals surface area (Å²) in [5, 5.41) is 2.46. The lowest BCUT2D eigenvalue weighted by molar-refractivity contribution is 0.0948. The summed E-state index contributed by atoms with van der Waals surface area (Å²) < 4.78 is 15.1. The van der Waals surface area contributed by atoms with E-state index in [-0.39, 0.29) is 11.3 Å². The molecule has 0 bridgehead atoms. The van der Waals surface area contributed by atoms with Crippen LogP contribution in [-0.4, -0.2) is 45.8 Å². The van der Waals surface area contributed by atoms with Crippen LogP contribution in [0.5, 0.6) is 11.5 Å². The van der Waals surface area contributed by atoms with Gasteiger partial charge in [-0.15, -0.1) is 11.6 Å². The summed E-state index contributed by atoms with van der Waals surface area (Å²) in [6.07, 6.45) is 0. The van der Waals surface area contributed by atoms with E-state index >= 15 is 0 Å². The molecule has 1 aromatic rings. The maximum absolute atomic E-state index is 12.0. The van der Waals surface area contributed by atoms with Crippen molar-refractivity contribution in [2.75, 3.05) is 34.5 Å². The molecule has 0 aliphatic heterocycles. The van der Waals surface area contributed by atoms with Gasteiger partial charge in [0.05, 0.1) is 26.2 Å². The standard InChI is InChI=1S/C13H18ClNO4/c1-17-8-10(14)7-15-13(16)9-4-11(18-2)6-12(5-9)19-3/h4-6,10H,7-8H2,1-3H3,(H,15,16). The molecule has 1 atom stereocenters. The first-order chi connectivity index (χ1) is 9.10. The molecule has 1 rings (SSSR count). The van der Waals surface area contributed by atoms with Crippen LogP contribution >= 0.6 is 11.6 Å². The van der Waals surface area contributed by atoms with Gasteiger partial charge in [0.1, 0.15) is 11.5 Å². The predicted octanol–water partition coefficient (Wildman–Crippen LogP) is 1.69. The minimum atomic E-state index is -0.263. The van der Waals surface area contributed by atoms with Crippen LogP contribution in [0.25, 0.3) is 0 Å². The number of carbonyl (C=O) groups excluding carboxylic acids is 1. The van der Waals surface area contributed by atoms with Gasteiger partial charge in [-0.05, 0) is 12.1 Å². The normalized spacial score (nSPS) is 11.8. The van der Waals surface area contributed by atoms with E-state index in [1.807, 2.05) is 0 Å². The third kappa shape index (κ3) is 4.96. The first kappa shape index (κ1) is 15.6. The fourth-order valence-corrected chi connectivity index (χ4v) is 1.69. The smallest absolute Gasteiger partial charge is 0.251 e. The summed E-state index contributed by atoms with van der Waals surface area (Å²) in [4.78, 5) is 12.0. The fourth-order valence-electron chi connectivity index (χ4n) is 1.48. The van der Waals surface area contributed by atoms with Gasteiger partial charge in [-0.25, -0.2) is 0 Å². The zero-order valence-corrected chi connectivity index (χ0v) is 12.0. The number of ether oxygens (including phenoxy) is 3. The Morgan fingerprint density at radius 1 is 1.21 bits per heavy atom. The van der Waals surface area contributed by atoms with E-state index in [1.54, 1.807) is 25.3 Å². The Bertz CT molecular complexity index is 403. The lowest BCUT2D eigenvalue weighted by atomic mass is 10.2. The van der Waals surface area contributed by atoms with Crippen LogP contribution in [0.15, 0.2) is 18.2 Å². The Morgan fingerprint density at radius 2 is 1.79 bits per heavy atom. The van der Waals surface area contributed by atoms with Crippen molar-refractivity contribution in [1.82, 2.24) is 5.32 Å². The van der Waals surface area contributed by atoms with E-state index in [0.29, 0.717) is 30.2 Å². The minimum Gasteiger partial charge on any atom is -0.497 e. The van der Waals surface area contributed by atoms with Gasteiger partial charge in [0.25, 0.3) is 5.91 Å². The monoisotopic (exact) mass is 287 g/mol. The average molecular weight is 288 g/mol. The molecular weight excluding hydrogens is 270 g/mol. The van der Waals surface area contributed by atoms with E-state index in [0.717, 1.165) is 0 Å². The second-order valence-corrected chi connectivity index (χ2v) is 4.48. The van der Waals surface area contributed by atoms with E-state index in [1.165, 1.54) is 14.2 Å². The van der Waals surface area contributed by atoms with Crippen molar-refractivity contribution < 1.29 is 19.0 Å². The summed E-state index contributed by atoms with van der Waals surface area (Å²) in [5.74, 6) is 0.881. The summed E-state index contributed by atoms with van der Waals surface area (Å²) in [6, 6.07) is 4.97. The van der Waals surface area contributed by atoms with E-state index in [9.17, 15) is 4.79 Å². The Hall–Kier alpha value is -1.46. The average Bonchev–Trinajstić information content (AvgIpc) is 2.44. The number of amides is 1. The molecule has 0 saturated heterocycles. The Morgan fingerprint density at radius 3 is 2.26 bits per heavy atom. The van der Waals surface area contributed by atoms with Crippen molar-refractivity contribution >= 4 is 17.5 Å². The third-order valence-corrected chi connectivity index (χ3v) is 2.73. The number of hydrogen-bond donors (Lipinski definition) is 1. The molecule has 1 amide bonds. The molecule has 1 aromatic carbocycles. The molecule has 0 aliphatic rings. The summed E-state index contributed by atoms with van der Waals surface area (Å²) in [5.41, 5.74) is 0.456. The number of methoxy groups -OCH3 is 3. The topological polar surface area (TPSA) is 56.8 Å². The lowest BCUT2D eigenvalue weighted by Crippen LogP contribution is -2.31. The van der Waals surface area contributed by atoms with E-state index in [2.05, 4.69) is 5.32 Å². The number of rotatable bonds is 7. The molecule has 106 valence electrons. The second-order valence-electron chi connectivity index (χ2n) is 3.86. The van der Waals surface area contributed by atoms with Crippen LogP contribution in [0, 0.1) is 0 Å². The molecule has 0 radical (unpaired) electrons. The zero-order valence-electron chi connectivity index (χ0n) is 11.2. The van der Waals surface area contributed by atoms with Gasteiger partial charge in [-0.2, -0.15) is 0 Å². The highest BCUT2D eigenvalue weighted by molar-refractivity contribution is 6.21. The first-order valence-corrected chi connectivity index (χ1v) is 6.18. The Labute approximate surface area is 117 Å².